The second-order valence-electron chi connectivity index (χ2n) is 4.39. The third-order valence-corrected chi connectivity index (χ3v) is 2.79. The van der Waals surface area contributed by atoms with Crippen LogP contribution in [-0.4, -0.2) is 70.6 Å². The second-order valence-corrected chi connectivity index (χ2v) is 4.39. The van der Waals surface area contributed by atoms with Crippen LogP contribution < -0.4 is 11.3 Å². The van der Waals surface area contributed by atoms with Gasteiger partial charge in [0, 0.05) is 40.5 Å². The van der Waals surface area contributed by atoms with Gasteiger partial charge in [-0.2, -0.15) is 0 Å². The molecule has 1 unspecified atom stereocenters. The predicted octanol–water partition coefficient (Wildman–Crippen LogP) is 0.216. The molecule has 0 saturated carbocycles. The quantitative estimate of drug-likeness (QED) is 0.186. The van der Waals surface area contributed by atoms with Crippen molar-refractivity contribution in [3.63, 3.8) is 0 Å². The van der Waals surface area contributed by atoms with Gasteiger partial charge in [0.2, 0.25) is 5.96 Å². The summed E-state index contributed by atoms with van der Waals surface area (Å²) in [6.07, 6.45) is 0.871. The maximum Gasteiger partial charge on any atom is 0.208 e. The van der Waals surface area contributed by atoms with Crippen LogP contribution >= 0.6 is 0 Å². The van der Waals surface area contributed by atoms with E-state index in [0.29, 0.717) is 38.9 Å². The molecule has 3 N–H and O–H groups in total. The summed E-state index contributed by atoms with van der Waals surface area (Å²) < 4.78 is 15.6. The number of guanidine groups is 1. The zero-order chi connectivity index (χ0) is 15.2. The molecule has 0 fully saturated rings. The van der Waals surface area contributed by atoms with E-state index in [0.717, 1.165) is 13.0 Å². The van der Waals surface area contributed by atoms with Crippen molar-refractivity contribution in [1.82, 2.24) is 10.3 Å². The molecule has 1 atom stereocenters. The van der Waals surface area contributed by atoms with Crippen LogP contribution in [0.4, 0.5) is 0 Å². The van der Waals surface area contributed by atoms with Crippen LogP contribution in [0.25, 0.3) is 0 Å². The van der Waals surface area contributed by atoms with E-state index in [9.17, 15) is 0 Å². The molecule has 0 aromatic rings. The van der Waals surface area contributed by atoms with E-state index < -0.39 is 0 Å². The minimum atomic E-state index is 0.164. The Labute approximate surface area is 122 Å². The first-order valence-corrected chi connectivity index (χ1v) is 7.04. The van der Waals surface area contributed by atoms with Gasteiger partial charge in [-0.05, 0) is 20.3 Å². The van der Waals surface area contributed by atoms with E-state index in [2.05, 4.69) is 17.3 Å². The van der Waals surface area contributed by atoms with E-state index in [4.69, 9.17) is 20.1 Å². The average Bonchev–Trinajstić information content (AvgIpc) is 2.45. The highest BCUT2D eigenvalue weighted by Gasteiger charge is 2.17. The van der Waals surface area contributed by atoms with E-state index in [1.54, 1.807) is 14.2 Å². The number of nitrogens with zero attached hydrogens (tertiary/aromatic N) is 2. The van der Waals surface area contributed by atoms with Gasteiger partial charge in [0.25, 0.3) is 0 Å². The molecular weight excluding hydrogens is 260 g/mol. The second kappa shape index (κ2) is 13.1. The maximum atomic E-state index is 5.58. The van der Waals surface area contributed by atoms with Gasteiger partial charge in [0.1, 0.15) is 0 Å². The largest absolute Gasteiger partial charge is 0.383 e. The summed E-state index contributed by atoms with van der Waals surface area (Å²) >= 11 is 0. The van der Waals surface area contributed by atoms with Gasteiger partial charge in [-0.1, -0.05) is 0 Å². The first-order chi connectivity index (χ1) is 9.71. The number of rotatable bonds is 11. The van der Waals surface area contributed by atoms with Gasteiger partial charge in [-0.25, -0.2) is 5.84 Å². The van der Waals surface area contributed by atoms with E-state index in [-0.39, 0.29) is 6.04 Å². The smallest absolute Gasteiger partial charge is 0.208 e. The normalized spacial score (nSPS) is 13.3. The lowest BCUT2D eigenvalue weighted by Gasteiger charge is -2.31. The summed E-state index contributed by atoms with van der Waals surface area (Å²) in [4.78, 5) is 6.54. The summed E-state index contributed by atoms with van der Waals surface area (Å²) in [5.41, 5.74) is 2.67. The summed E-state index contributed by atoms with van der Waals surface area (Å²) in [5, 5.41) is 0. The van der Waals surface area contributed by atoms with Gasteiger partial charge >= 0.3 is 0 Å². The molecule has 120 valence electrons. The maximum absolute atomic E-state index is 5.58. The van der Waals surface area contributed by atoms with E-state index in [1.165, 1.54) is 0 Å². The van der Waals surface area contributed by atoms with Gasteiger partial charge in [0.05, 0.1) is 19.3 Å². The minimum Gasteiger partial charge on any atom is -0.383 e. The Morgan fingerprint density at radius 3 is 2.60 bits per heavy atom. The van der Waals surface area contributed by atoms with Crippen molar-refractivity contribution in [2.45, 2.75) is 26.3 Å². The van der Waals surface area contributed by atoms with Crippen LogP contribution in [0.3, 0.4) is 0 Å². The van der Waals surface area contributed by atoms with Crippen LogP contribution in [0.15, 0.2) is 4.99 Å². The van der Waals surface area contributed by atoms with Crippen molar-refractivity contribution >= 4 is 5.96 Å². The molecule has 0 heterocycles. The molecule has 7 nitrogen and oxygen atoms in total. The Balaban J connectivity index is 4.49. The molecule has 0 aliphatic rings. The van der Waals surface area contributed by atoms with Gasteiger partial charge in [0.15, 0.2) is 0 Å². The molecule has 0 amide bonds. The fraction of sp³-hybridized carbons (Fsp3) is 0.923. The zero-order valence-electron chi connectivity index (χ0n) is 13.2. The Hall–Kier alpha value is -0.890. The summed E-state index contributed by atoms with van der Waals surface area (Å²) in [7, 11) is 3.35. The molecule has 0 aromatic carbocycles. The van der Waals surface area contributed by atoms with Crippen molar-refractivity contribution in [3.05, 3.63) is 0 Å². The number of hydrogen-bond acceptors (Lipinski definition) is 5. The molecule has 0 radical (unpaired) electrons. The Morgan fingerprint density at radius 1 is 1.30 bits per heavy atom. The Morgan fingerprint density at radius 2 is 2.05 bits per heavy atom. The highest BCUT2D eigenvalue weighted by molar-refractivity contribution is 5.79. The molecule has 0 aliphatic heterocycles. The first-order valence-electron chi connectivity index (χ1n) is 7.04. The van der Waals surface area contributed by atoms with Crippen molar-refractivity contribution in [3.8, 4) is 0 Å². The minimum absolute atomic E-state index is 0.164. The number of methoxy groups -OCH3 is 2. The predicted molar refractivity (Wildman–Crippen MR) is 80.7 cm³/mol. The van der Waals surface area contributed by atoms with Gasteiger partial charge < -0.3 is 19.1 Å². The summed E-state index contributed by atoms with van der Waals surface area (Å²) in [6, 6.07) is 0.164. The molecule has 7 heteroatoms. The van der Waals surface area contributed by atoms with Crippen LogP contribution in [0.5, 0.6) is 0 Å². The number of nitrogens with two attached hydrogens (primary N) is 1. The van der Waals surface area contributed by atoms with Crippen molar-refractivity contribution in [2.24, 2.45) is 10.8 Å². The van der Waals surface area contributed by atoms with Crippen LogP contribution in [0, 0.1) is 0 Å². The lowest BCUT2D eigenvalue weighted by Crippen LogP contribution is -2.51. The number of aliphatic imine (C=N–C) groups is 1. The molecular formula is C13H30N4O3. The molecule has 0 aromatic heterocycles. The average molecular weight is 290 g/mol. The third kappa shape index (κ3) is 8.31. The summed E-state index contributed by atoms with van der Waals surface area (Å²) in [5.74, 6) is 6.24. The molecule has 0 aliphatic carbocycles. The van der Waals surface area contributed by atoms with Gasteiger partial charge in [-0.3, -0.25) is 10.4 Å². The monoisotopic (exact) mass is 290 g/mol. The van der Waals surface area contributed by atoms with E-state index >= 15 is 0 Å². The van der Waals surface area contributed by atoms with Crippen molar-refractivity contribution in [2.75, 3.05) is 53.7 Å². The molecule has 0 spiro atoms. The topological polar surface area (TPSA) is 81.3 Å². The molecule has 0 saturated heterocycles. The molecule has 0 rings (SSSR count). The van der Waals surface area contributed by atoms with Gasteiger partial charge in [-0.15, -0.1) is 0 Å². The lowest BCUT2D eigenvalue weighted by atomic mass is 10.3. The highest BCUT2D eigenvalue weighted by atomic mass is 16.5. The zero-order valence-corrected chi connectivity index (χ0v) is 13.2. The van der Waals surface area contributed by atoms with Crippen LogP contribution in [-0.2, 0) is 14.2 Å². The first kappa shape index (κ1) is 19.1. The fourth-order valence-corrected chi connectivity index (χ4v) is 1.77. The number of nitrogens with one attached hydrogen (secondary N) is 1. The number of hydrogen-bond donors (Lipinski definition) is 2. The van der Waals surface area contributed by atoms with Crippen molar-refractivity contribution in [1.29, 1.82) is 0 Å². The third-order valence-electron chi connectivity index (χ3n) is 2.79. The number of ether oxygens (including phenoxy) is 3. The summed E-state index contributed by atoms with van der Waals surface area (Å²) in [6.45, 7) is 8.07. The Bertz CT molecular complexity index is 252. The number of hydrazine groups is 1. The standard InChI is InChI=1S/C13H30N4O3/c1-5-20-9-6-7-15-13(16-14)17(8-10-18-3)12(2)11-19-4/h12H,5-11,14H2,1-4H3,(H,15,16). The van der Waals surface area contributed by atoms with Crippen molar-refractivity contribution < 1.29 is 14.2 Å². The highest BCUT2D eigenvalue weighted by Crippen LogP contribution is 2.01. The molecule has 0 bridgehead atoms. The molecule has 20 heavy (non-hydrogen) atoms. The van der Waals surface area contributed by atoms with Crippen LogP contribution in [0.2, 0.25) is 0 Å². The van der Waals surface area contributed by atoms with Crippen LogP contribution in [0.1, 0.15) is 20.3 Å². The fourth-order valence-electron chi connectivity index (χ4n) is 1.77. The lowest BCUT2D eigenvalue weighted by molar-refractivity contribution is 0.111. The van der Waals surface area contributed by atoms with E-state index in [1.807, 2.05) is 11.8 Å². The SMILES string of the molecule is CCOCCCN=C(NN)N(CCOC)C(C)COC. The Kier molecular flexibility index (Phi) is 12.5.